The third kappa shape index (κ3) is 7.24. The van der Waals surface area contributed by atoms with Gasteiger partial charge in [-0.3, -0.25) is 9.69 Å². The van der Waals surface area contributed by atoms with Gasteiger partial charge in [0.05, 0.1) is 24.8 Å². The van der Waals surface area contributed by atoms with E-state index in [4.69, 9.17) is 9.47 Å². The molecule has 246 valence electrons. The van der Waals surface area contributed by atoms with Crippen molar-refractivity contribution in [3.8, 4) is 23.2 Å². The second-order valence-corrected chi connectivity index (χ2v) is 13.3. The summed E-state index contributed by atoms with van der Waals surface area (Å²) in [4.78, 5) is 31.1. The second kappa shape index (κ2) is 14.3. The van der Waals surface area contributed by atoms with Crippen LogP contribution in [0.4, 0.5) is 21.7 Å². The Kier molecular flexibility index (Phi) is 9.58. The molecule has 3 atom stereocenters. The summed E-state index contributed by atoms with van der Waals surface area (Å²) >= 11 is 0. The zero-order valence-electron chi connectivity index (χ0n) is 26.7. The highest BCUT2D eigenvalue weighted by atomic mass is 19.1. The number of halogens is 1. The number of ether oxygens (including phenoxy) is 2. The number of nitriles is 1. The topological polar surface area (TPSA) is 116 Å². The summed E-state index contributed by atoms with van der Waals surface area (Å²) in [6.07, 6.45) is 6.00. The SMILES string of the molecule is N#Cc1cc(-c2ncnc(Nc3ccc(N4CCN(C5COC5)CC4)cc3)n2)ccc1O[C@H]1CCC(C(=O)C2CCCCC2)C[C@H]1F. The van der Waals surface area contributed by atoms with Crippen molar-refractivity contribution in [2.45, 2.75) is 69.7 Å². The third-order valence-electron chi connectivity index (χ3n) is 10.3. The Labute approximate surface area is 275 Å². The molecule has 2 aliphatic heterocycles. The summed E-state index contributed by atoms with van der Waals surface area (Å²) in [5.74, 6) is 1.21. The van der Waals surface area contributed by atoms with E-state index in [0.717, 1.165) is 70.8 Å². The summed E-state index contributed by atoms with van der Waals surface area (Å²) < 4.78 is 26.7. The second-order valence-electron chi connectivity index (χ2n) is 13.3. The smallest absolute Gasteiger partial charge is 0.230 e. The number of carbonyl (C=O) groups excluding carboxylic acids is 1. The molecule has 3 aromatic rings. The van der Waals surface area contributed by atoms with Crippen LogP contribution in [0.15, 0.2) is 48.8 Å². The molecule has 2 aliphatic carbocycles. The molecule has 7 rings (SSSR count). The fourth-order valence-corrected chi connectivity index (χ4v) is 7.38. The number of benzene rings is 2. The van der Waals surface area contributed by atoms with Gasteiger partial charge < -0.3 is 19.7 Å². The average Bonchev–Trinajstić information content (AvgIpc) is 3.09. The number of aromatic nitrogens is 3. The first-order chi connectivity index (χ1) is 23.0. The van der Waals surface area contributed by atoms with Crippen LogP contribution < -0.4 is 15.0 Å². The summed E-state index contributed by atoms with van der Waals surface area (Å²) in [5, 5.41) is 13.2. The molecule has 2 saturated carbocycles. The van der Waals surface area contributed by atoms with E-state index in [2.05, 4.69) is 48.3 Å². The number of rotatable bonds is 9. The van der Waals surface area contributed by atoms with Gasteiger partial charge in [0.25, 0.3) is 0 Å². The molecule has 47 heavy (non-hydrogen) atoms. The molecule has 1 N–H and O–H groups in total. The standard InChI is InChI=1S/C36H42FN7O3/c37-31-19-25(34(45)24-4-2-1-3-5-24)6-13-33(31)47-32-12-7-26(18-27(32)20-38)35-39-23-40-36(42-35)41-28-8-10-29(11-9-28)43-14-16-44(17-15-43)30-21-46-22-30/h7-12,18,23-25,30-31,33H,1-6,13-17,19,21-22H2,(H,39,40,41,42)/t25?,31-,33+/m1/s1. The van der Waals surface area contributed by atoms with E-state index in [9.17, 15) is 10.1 Å². The molecular weight excluding hydrogens is 597 g/mol. The largest absolute Gasteiger partial charge is 0.486 e. The van der Waals surface area contributed by atoms with Crippen LogP contribution in [0.5, 0.6) is 5.75 Å². The maximum absolute atomic E-state index is 15.3. The van der Waals surface area contributed by atoms with Crippen molar-refractivity contribution in [3.05, 3.63) is 54.4 Å². The third-order valence-corrected chi connectivity index (χ3v) is 10.3. The Bertz CT molecular complexity index is 1580. The summed E-state index contributed by atoms with van der Waals surface area (Å²) in [6.45, 7) is 5.78. The van der Waals surface area contributed by atoms with Crippen molar-refractivity contribution < 1.29 is 18.7 Å². The van der Waals surface area contributed by atoms with Crippen molar-refractivity contribution in [1.29, 1.82) is 5.26 Å². The molecule has 10 nitrogen and oxygen atoms in total. The Hall–Kier alpha value is -4.14. The first-order valence-electron chi connectivity index (χ1n) is 17.1. The van der Waals surface area contributed by atoms with E-state index >= 15 is 4.39 Å². The van der Waals surface area contributed by atoms with E-state index in [0.29, 0.717) is 42.0 Å². The van der Waals surface area contributed by atoms with Gasteiger partial charge in [-0.15, -0.1) is 0 Å². The monoisotopic (exact) mass is 639 g/mol. The van der Waals surface area contributed by atoms with Gasteiger partial charge in [0, 0.05) is 55.0 Å². The van der Waals surface area contributed by atoms with Crippen molar-refractivity contribution >= 4 is 23.1 Å². The normalized spacial score (nSPS) is 24.3. The minimum absolute atomic E-state index is 0.0900. The maximum Gasteiger partial charge on any atom is 0.230 e. The van der Waals surface area contributed by atoms with Gasteiger partial charge in [-0.25, -0.2) is 14.4 Å². The number of piperazine rings is 1. The molecule has 4 aliphatic rings. The van der Waals surface area contributed by atoms with E-state index in [1.807, 2.05) is 12.1 Å². The lowest BCUT2D eigenvalue weighted by molar-refractivity contribution is -0.130. The molecule has 2 aromatic carbocycles. The first kappa shape index (κ1) is 31.5. The molecule has 3 heterocycles. The molecule has 1 aromatic heterocycles. The predicted octanol–water partition coefficient (Wildman–Crippen LogP) is 5.71. The summed E-state index contributed by atoms with van der Waals surface area (Å²) in [7, 11) is 0. The summed E-state index contributed by atoms with van der Waals surface area (Å²) in [6, 6.07) is 16.1. The Balaban J connectivity index is 0.954. The molecule has 0 spiro atoms. The molecule has 0 bridgehead atoms. The minimum atomic E-state index is -1.25. The van der Waals surface area contributed by atoms with Crippen LogP contribution in [-0.2, 0) is 9.53 Å². The highest BCUT2D eigenvalue weighted by molar-refractivity contribution is 5.83. The lowest BCUT2D eigenvalue weighted by atomic mass is 9.75. The van der Waals surface area contributed by atoms with E-state index in [-0.39, 0.29) is 29.6 Å². The highest BCUT2D eigenvalue weighted by Gasteiger charge is 2.38. The molecule has 4 fully saturated rings. The molecule has 11 heteroatoms. The van der Waals surface area contributed by atoms with Gasteiger partial charge >= 0.3 is 0 Å². The van der Waals surface area contributed by atoms with Crippen LogP contribution in [0.3, 0.4) is 0 Å². The van der Waals surface area contributed by atoms with Crippen LogP contribution in [0, 0.1) is 23.2 Å². The number of hydrogen-bond donors (Lipinski definition) is 1. The predicted molar refractivity (Wildman–Crippen MR) is 176 cm³/mol. The van der Waals surface area contributed by atoms with Crippen LogP contribution >= 0.6 is 0 Å². The highest BCUT2D eigenvalue weighted by Crippen LogP contribution is 2.36. The average molecular weight is 640 g/mol. The zero-order chi connectivity index (χ0) is 32.2. The van der Waals surface area contributed by atoms with E-state index in [1.165, 1.54) is 18.4 Å². The number of nitrogens with one attached hydrogen (secondary N) is 1. The molecule has 0 amide bonds. The quantitative estimate of drug-likeness (QED) is 0.312. The van der Waals surface area contributed by atoms with Crippen LogP contribution in [0.2, 0.25) is 0 Å². The number of nitrogens with zero attached hydrogens (tertiary/aromatic N) is 6. The minimum Gasteiger partial charge on any atom is -0.486 e. The van der Waals surface area contributed by atoms with Crippen molar-refractivity contribution in [2.75, 3.05) is 49.6 Å². The molecule has 2 saturated heterocycles. The Morgan fingerprint density at radius 1 is 0.957 bits per heavy atom. The van der Waals surface area contributed by atoms with Crippen LogP contribution in [0.25, 0.3) is 11.4 Å². The maximum atomic E-state index is 15.3. The number of carbonyl (C=O) groups is 1. The van der Waals surface area contributed by atoms with Gasteiger partial charge in [-0.05, 0) is 74.6 Å². The fourth-order valence-electron chi connectivity index (χ4n) is 7.38. The Morgan fingerprint density at radius 3 is 2.45 bits per heavy atom. The van der Waals surface area contributed by atoms with Crippen molar-refractivity contribution in [2.24, 2.45) is 11.8 Å². The number of hydrogen-bond acceptors (Lipinski definition) is 10. The van der Waals surface area contributed by atoms with Gasteiger partial charge in [-0.1, -0.05) is 19.3 Å². The van der Waals surface area contributed by atoms with Crippen LogP contribution in [0.1, 0.15) is 56.9 Å². The lowest BCUT2D eigenvalue weighted by Crippen LogP contribution is -2.56. The summed E-state index contributed by atoms with van der Waals surface area (Å²) in [5.41, 5.74) is 2.94. The fraction of sp³-hybridized carbons (Fsp3) is 0.528. The zero-order valence-corrected chi connectivity index (χ0v) is 26.7. The van der Waals surface area contributed by atoms with Gasteiger partial charge in [0.2, 0.25) is 5.95 Å². The molecular formula is C36H42FN7O3. The Morgan fingerprint density at radius 2 is 1.74 bits per heavy atom. The lowest BCUT2D eigenvalue weighted by Gasteiger charge is -2.43. The number of anilines is 3. The number of alkyl halides is 1. The van der Waals surface area contributed by atoms with Crippen molar-refractivity contribution in [3.63, 3.8) is 0 Å². The van der Waals surface area contributed by atoms with Crippen LogP contribution in [-0.4, -0.2) is 83.3 Å². The van der Waals surface area contributed by atoms with Gasteiger partial charge in [0.15, 0.2) is 5.82 Å². The molecule has 1 unspecified atom stereocenters. The van der Waals surface area contributed by atoms with E-state index < -0.39 is 12.3 Å². The van der Waals surface area contributed by atoms with E-state index in [1.54, 1.807) is 18.2 Å². The van der Waals surface area contributed by atoms with Crippen molar-refractivity contribution in [1.82, 2.24) is 19.9 Å². The number of Topliss-reactive ketones (excluding diaryl/α,β-unsaturated/α-hetero) is 1. The first-order valence-corrected chi connectivity index (χ1v) is 17.1. The van der Waals surface area contributed by atoms with Gasteiger partial charge in [-0.2, -0.15) is 10.2 Å². The molecule has 0 radical (unpaired) electrons. The number of ketones is 1. The van der Waals surface area contributed by atoms with Gasteiger partial charge in [0.1, 0.15) is 36.2 Å².